The zero-order valence-corrected chi connectivity index (χ0v) is 14.5. The summed E-state index contributed by atoms with van der Waals surface area (Å²) in [6, 6.07) is 11.2. The molecular formula is C16H16F3IN2O. The van der Waals surface area contributed by atoms with E-state index in [9.17, 15) is 13.2 Å². The summed E-state index contributed by atoms with van der Waals surface area (Å²) < 4.78 is 46.3. The molecule has 0 aliphatic carbocycles. The fourth-order valence-electron chi connectivity index (χ4n) is 2.06. The van der Waals surface area contributed by atoms with Gasteiger partial charge in [0, 0.05) is 10.1 Å². The van der Waals surface area contributed by atoms with Gasteiger partial charge < -0.3 is 4.74 Å². The minimum atomic E-state index is -4.42. The Bertz CT molecular complexity index is 645. The van der Waals surface area contributed by atoms with E-state index in [2.05, 4.69) is 33.4 Å². The lowest BCUT2D eigenvalue weighted by atomic mass is 10.0. The van der Waals surface area contributed by atoms with Gasteiger partial charge in [0.05, 0.1) is 5.56 Å². The van der Waals surface area contributed by atoms with E-state index in [0.717, 1.165) is 9.64 Å². The van der Waals surface area contributed by atoms with E-state index in [-0.39, 0.29) is 17.7 Å². The highest BCUT2D eigenvalue weighted by atomic mass is 127. The molecule has 7 heteroatoms. The number of ether oxygens (including phenoxy) is 1. The molecule has 124 valence electrons. The number of rotatable bonds is 6. The summed E-state index contributed by atoms with van der Waals surface area (Å²) in [6.45, 7) is 0.400. The second kappa shape index (κ2) is 7.98. The lowest BCUT2D eigenvalue weighted by Gasteiger charge is -2.15. The Morgan fingerprint density at radius 2 is 1.70 bits per heavy atom. The Morgan fingerprint density at radius 3 is 2.30 bits per heavy atom. The Balaban J connectivity index is 2.23. The van der Waals surface area contributed by atoms with Crippen LogP contribution in [0.25, 0.3) is 0 Å². The summed E-state index contributed by atoms with van der Waals surface area (Å²) in [4.78, 5) is 0. The predicted octanol–water partition coefficient (Wildman–Crippen LogP) is 4.37. The summed E-state index contributed by atoms with van der Waals surface area (Å²) in [7, 11) is 1.67. The molecule has 0 amide bonds. The highest BCUT2D eigenvalue weighted by Crippen LogP contribution is 2.35. The van der Waals surface area contributed by atoms with Crippen molar-refractivity contribution in [2.24, 2.45) is 0 Å². The minimum Gasteiger partial charge on any atom is -0.457 e. The fourth-order valence-corrected chi connectivity index (χ4v) is 2.42. The first-order chi connectivity index (χ1) is 10.9. The van der Waals surface area contributed by atoms with Crippen molar-refractivity contribution < 1.29 is 17.9 Å². The van der Waals surface area contributed by atoms with Gasteiger partial charge in [-0.1, -0.05) is 6.07 Å². The lowest BCUT2D eigenvalue weighted by molar-refractivity contribution is -0.138. The van der Waals surface area contributed by atoms with E-state index >= 15 is 0 Å². The van der Waals surface area contributed by atoms with Crippen molar-refractivity contribution in [1.82, 2.24) is 10.9 Å². The van der Waals surface area contributed by atoms with Crippen molar-refractivity contribution in [2.45, 2.75) is 12.6 Å². The second-order valence-electron chi connectivity index (χ2n) is 4.80. The maximum absolute atomic E-state index is 13.2. The number of hydrogen-bond donors (Lipinski definition) is 2. The van der Waals surface area contributed by atoms with Crippen molar-refractivity contribution in [3.63, 3.8) is 0 Å². The van der Waals surface area contributed by atoms with Gasteiger partial charge in [-0.2, -0.15) is 13.2 Å². The zero-order valence-electron chi connectivity index (χ0n) is 12.4. The Labute approximate surface area is 146 Å². The van der Waals surface area contributed by atoms with Crippen LogP contribution in [0.3, 0.4) is 0 Å². The molecule has 2 rings (SSSR count). The molecule has 0 aliphatic heterocycles. The SMILES string of the molecule is CNNCCc1ccc(Oc2ccc(I)cc2)cc1C(F)(F)F. The summed E-state index contributed by atoms with van der Waals surface area (Å²) in [5.74, 6) is 0.673. The Kier molecular flexibility index (Phi) is 6.25. The van der Waals surface area contributed by atoms with Crippen LogP contribution >= 0.6 is 22.6 Å². The first kappa shape index (κ1) is 18.0. The summed E-state index contributed by atoms with van der Waals surface area (Å²) in [5.41, 5.74) is 5.04. The van der Waals surface area contributed by atoms with E-state index in [0.29, 0.717) is 12.3 Å². The average molecular weight is 436 g/mol. The molecule has 0 radical (unpaired) electrons. The van der Waals surface area contributed by atoms with Gasteiger partial charge in [0.15, 0.2) is 0 Å². The maximum atomic E-state index is 13.2. The van der Waals surface area contributed by atoms with Crippen LogP contribution < -0.4 is 15.6 Å². The van der Waals surface area contributed by atoms with E-state index in [1.807, 2.05) is 12.1 Å². The molecule has 0 spiro atoms. The number of hydrogen-bond acceptors (Lipinski definition) is 3. The van der Waals surface area contributed by atoms with Crippen LogP contribution in [0, 0.1) is 3.57 Å². The number of hydrazine groups is 1. The molecule has 0 heterocycles. The standard InChI is InChI=1S/C16H16F3IN2O/c1-21-22-9-8-11-2-5-14(10-15(11)16(17,18)19)23-13-6-3-12(20)4-7-13/h2-7,10,21-22H,8-9H2,1H3. The van der Waals surface area contributed by atoms with Gasteiger partial charge >= 0.3 is 6.18 Å². The third kappa shape index (κ3) is 5.36. The smallest absolute Gasteiger partial charge is 0.416 e. The largest absolute Gasteiger partial charge is 0.457 e. The molecule has 0 fully saturated rings. The number of nitrogens with one attached hydrogen (secondary N) is 2. The normalized spacial score (nSPS) is 11.5. The van der Waals surface area contributed by atoms with E-state index in [4.69, 9.17) is 4.74 Å². The van der Waals surface area contributed by atoms with Crippen LogP contribution in [-0.4, -0.2) is 13.6 Å². The topological polar surface area (TPSA) is 33.3 Å². The molecule has 2 aromatic carbocycles. The predicted molar refractivity (Wildman–Crippen MR) is 91.4 cm³/mol. The summed E-state index contributed by atoms with van der Waals surface area (Å²) in [5, 5.41) is 0. The van der Waals surface area contributed by atoms with Crippen molar-refractivity contribution in [3.8, 4) is 11.5 Å². The van der Waals surface area contributed by atoms with Crippen LogP contribution in [0.1, 0.15) is 11.1 Å². The van der Waals surface area contributed by atoms with Crippen LogP contribution in [-0.2, 0) is 12.6 Å². The maximum Gasteiger partial charge on any atom is 0.416 e. The van der Waals surface area contributed by atoms with Crippen molar-refractivity contribution in [2.75, 3.05) is 13.6 Å². The summed E-state index contributed by atoms with van der Waals surface area (Å²) in [6.07, 6.45) is -4.15. The van der Waals surface area contributed by atoms with Gasteiger partial charge in [-0.15, -0.1) is 0 Å². The highest BCUT2D eigenvalue weighted by Gasteiger charge is 2.33. The Morgan fingerprint density at radius 1 is 1.04 bits per heavy atom. The molecule has 3 nitrogen and oxygen atoms in total. The van der Waals surface area contributed by atoms with Gasteiger partial charge in [0.25, 0.3) is 0 Å². The monoisotopic (exact) mass is 436 g/mol. The molecule has 0 aromatic heterocycles. The van der Waals surface area contributed by atoms with E-state index < -0.39 is 11.7 Å². The molecule has 23 heavy (non-hydrogen) atoms. The molecule has 2 N–H and O–H groups in total. The minimum absolute atomic E-state index is 0.170. The van der Waals surface area contributed by atoms with E-state index in [1.165, 1.54) is 6.07 Å². The van der Waals surface area contributed by atoms with Gasteiger partial charge in [0.1, 0.15) is 11.5 Å². The van der Waals surface area contributed by atoms with Gasteiger partial charge in [-0.05, 0) is 78.0 Å². The quantitative estimate of drug-likeness (QED) is 0.401. The fraction of sp³-hybridized carbons (Fsp3) is 0.250. The van der Waals surface area contributed by atoms with Crippen LogP contribution in [0.4, 0.5) is 13.2 Å². The highest BCUT2D eigenvalue weighted by molar-refractivity contribution is 14.1. The molecular weight excluding hydrogens is 420 g/mol. The van der Waals surface area contributed by atoms with Gasteiger partial charge in [-0.3, -0.25) is 10.9 Å². The van der Waals surface area contributed by atoms with Crippen LogP contribution in [0.15, 0.2) is 42.5 Å². The first-order valence-electron chi connectivity index (χ1n) is 6.93. The number of halogens is 4. The zero-order chi connectivity index (χ0) is 16.9. The van der Waals surface area contributed by atoms with Gasteiger partial charge in [0.2, 0.25) is 0 Å². The number of benzene rings is 2. The average Bonchev–Trinajstić information content (AvgIpc) is 2.50. The Hall–Kier alpha value is -1.32. The van der Waals surface area contributed by atoms with Crippen molar-refractivity contribution in [1.29, 1.82) is 0 Å². The molecule has 0 unspecified atom stereocenters. The van der Waals surface area contributed by atoms with E-state index in [1.54, 1.807) is 25.2 Å². The molecule has 0 aliphatic rings. The lowest BCUT2D eigenvalue weighted by Crippen LogP contribution is -2.29. The van der Waals surface area contributed by atoms with Crippen molar-refractivity contribution in [3.05, 3.63) is 57.2 Å². The second-order valence-corrected chi connectivity index (χ2v) is 6.05. The molecule has 0 saturated heterocycles. The molecule has 0 bridgehead atoms. The number of alkyl halides is 3. The molecule has 2 aromatic rings. The summed E-state index contributed by atoms with van der Waals surface area (Å²) >= 11 is 2.15. The van der Waals surface area contributed by atoms with Crippen LogP contribution in [0.2, 0.25) is 0 Å². The third-order valence-electron chi connectivity index (χ3n) is 3.13. The van der Waals surface area contributed by atoms with Gasteiger partial charge in [-0.25, -0.2) is 0 Å². The molecule has 0 atom stereocenters. The van der Waals surface area contributed by atoms with Crippen LogP contribution in [0.5, 0.6) is 11.5 Å². The molecule has 0 saturated carbocycles. The third-order valence-corrected chi connectivity index (χ3v) is 3.85. The van der Waals surface area contributed by atoms with Crippen molar-refractivity contribution >= 4 is 22.6 Å². The first-order valence-corrected chi connectivity index (χ1v) is 8.01.